The smallest absolute Gasteiger partial charge is 0.318 e. The number of rotatable bonds is 3. The van der Waals surface area contributed by atoms with Crippen LogP contribution in [0.3, 0.4) is 0 Å². The first-order valence-corrected chi connectivity index (χ1v) is 6.66. The van der Waals surface area contributed by atoms with E-state index in [2.05, 4.69) is 15.5 Å². The minimum atomic E-state index is -0.280. The molecule has 0 unspecified atom stereocenters. The molecule has 0 spiro atoms. The van der Waals surface area contributed by atoms with Crippen LogP contribution in [0.4, 0.5) is 4.79 Å². The van der Waals surface area contributed by atoms with Gasteiger partial charge in [-0.15, -0.1) is 0 Å². The third kappa shape index (κ3) is 3.24. The molecule has 19 heavy (non-hydrogen) atoms. The molecule has 0 radical (unpaired) electrons. The molecule has 1 aliphatic rings. The lowest BCUT2D eigenvalue weighted by Crippen LogP contribution is -2.39. The van der Waals surface area contributed by atoms with Crippen LogP contribution < -0.4 is 5.32 Å². The molecule has 1 N–H and O–H groups in total. The van der Waals surface area contributed by atoms with E-state index in [1.807, 2.05) is 34.7 Å². The fourth-order valence-corrected chi connectivity index (χ4v) is 1.69. The summed E-state index contributed by atoms with van der Waals surface area (Å²) in [4.78, 5) is 18.0. The highest BCUT2D eigenvalue weighted by molar-refractivity contribution is 5.74. The van der Waals surface area contributed by atoms with Crippen LogP contribution in [-0.2, 0) is 5.41 Å². The van der Waals surface area contributed by atoms with Crippen LogP contribution in [0.1, 0.15) is 58.3 Å². The van der Waals surface area contributed by atoms with Gasteiger partial charge < -0.3 is 14.7 Å². The molecule has 2 amide bonds. The Hall–Kier alpha value is -1.59. The molecule has 1 aliphatic carbocycles. The first-order valence-electron chi connectivity index (χ1n) is 6.66. The molecule has 1 aromatic heterocycles. The Labute approximate surface area is 113 Å². The van der Waals surface area contributed by atoms with Gasteiger partial charge in [0.25, 0.3) is 0 Å². The molecule has 0 aliphatic heterocycles. The predicted molar refractivity (Wildman–Crippen MR) is 70.7 cm³/mol. The molecule has 0 bridgehead atoms. The Balaban J connectivity index is 1.97. The van der Waals surface area contributed by atoms with Gasteiger partial charge in [0.05, 0.1) is 0 Å². The highest BCUT2D eigenvalue weighted by Gasteiger charge is 2.31. The maximum atomic E-state index is 11.9. The number of nitrogens with zero attached hydrogens (tertiary/aromatic N) is 3. The van der Waals surface area contributed by atoms with Crippen LogP contribution >= 0.6 is 0 Å². The largest absolute Gasteiger partial charge is 0.337 e. The Morgan fingerprint density at radius 2 is 2.11 bits per heavy atom. The normalized spacial score (nSPS) is 17.1. The molecular formula is C13H22N4O2. The van der Waals surface area contributed by atoms with Crippen LogP contribution in [0.2, 0.25) is 0 Å². The SMILES string of the molecule is C[C@@H](NC(=O)N(C)C1CC1)c1nc(C(C)(C)C)no1. The molecule has 2 rings (SSSR count). The lowest BCUT2D eigenvalue weighted by atomic mass is 9.96. The van der Waals surface area contributed by atoms with E-state index in [9.17, 15) is 4.79 Å². The van der Waals surface area contributed by atoms with E-state index in [-0.39, 0.29) is 17.5 Å². The second-order valence-electron chi connectivity index (χ2n) is 6.22. The molecule has 106 valence electrons. The number of carbonyl (C=O) groups excluding carboxylic acids is 1. The highest BCUT2D eigenvalue weighted by Crippen LogP contribution is 2.26. The summed E-state index contributed by atoms with van der Waals surface area (Å²) in [5.41, 5.74) is -0.156. The maximum absolute atomic E-state index is 11.9. The molecule has 1 saturated carbocycles. The van der Waals surface area contributed by atoms with Crippen LogP contribution in [0.15, 0.2) is 4.52 Å². The van der Waals surface area contributed by atoms with Crippen molar-refractivity contribution in [2.24, 2.45) is 0 Å². The van der Waals surface area contributed by atoms with Crippen molar-refractivity contribution in [3.05, 3.63) is 11.7 Å². The molecule has 0 aromatic carbocycles. The van der Waals surface area contributed by atoms with Gasteiger partial charge in [0.15, 0.2) is 5.82 Å². The second-order valence-corrected chi connectivity index (χ2v) is 6.22. The molecule has 6 nitrogen and oxygen atoms in total. The zero-order valence-electron chi connectivity index (χ0n) is 12.2. The summed E-state index contributed by atoms with van der Waals surface area (Å²) in [6, 6.07) is 0.0165. The zero-order chi connectivity index (χ0) is 14.2. The van der Waals surface area contributed by atoms with Crippen LogP contribution in [0, 0.1) is 0 Å². The van der Waals surface area contributed by atoms with Gasteiger partial charge in [-0.3, -0.25) is 0 Å². The molecule has 6 heteroatoms. The number of urea groups is 1. The summed E-state index contributed by atoms with van der Waals surface area (Å²) >= 11 is 0. The minimum Gasteiger partial charge on any atom is -0.337 e. The Morgan fingerprint density at radius 1 is 1.47 bits per heavy atom. The lowest BCUT2D eigenvalue weighted by molar-refractivity contribution is 0.200. The summed E-state index contributed by atoms with van der Waals surface area (Å²) in [7, 11) is 1.81. The quantitative estimate of drug-likeness (QED) is 0.910. The molecular weight excluding hydrogens is 244 g/mol. The van der Waals surface area contributed by atoms with E-state index >= 15 is 0 Å². The summed E-state index contributed by atoms with van der Waals surface area (Å²) < 4.78 is 5.22. The van der Waals surface area contributed by atoms with Gasteiger partial charge in [-0.1, -0.05) is 25.9 Å². The van der Waals surface area contributed by atoms with E-state index in [4.69, 9.17) is 4.52 Å². The summed E-state index contributed by atoms with van der Waals surface area (Å²) in [6.07, 6.45) is 2.18. The predicted octanol–water partition coefficient (Wildman–Crippen LogP) is 2.23. The molecule has 1 atom stereocenters. The number of amides is 2. The van der Waals surface area contributed by atoms with Crippen LogP contribution in [-0.4, -0.2) is 34.2 Å². The van der Waals surface area contributed by atoms with Crippen molar-refractivity contribution >= 4 is 6.03 Å². The van der Waals surface area contributed by atoms with E-state index in [0.29, 0.717) is 17.8 Å². The van der Waals surface area contributed by atoms with Gasteiger partial charge in [0.1, 0.15) is 6.04 Å². The third-order valence-corrected chi connectivity index (χ3v) is 3.24. The van der Waals surface area contributed by atoms with Crippen molar-refractivity contribution in [2.75, 3.05) is 7.05 Å². The van der Waals surface area contributed by atoms with Crippen molar-refractivity contribution in [1.29, 1.82) is 0 Å². The summed E-state index contributed by atoms with van der Waals surface area (Å²) in [5.74, 6) is 1.10. The number of hydrogen-bond donors (Lipinski definition) is 1. The number of hydrogen-bond acceptors (Lipinski definition) is 4. The van der Waals surface area contributed by atoms with Crippen molar-refractivity contribution < 1.29 is 9.32 Å². The fourth-order valence-electron chi connectivity index (χ4n) is 1.69. The topological polar surface area (TPSA) is 71.3 Å². The first-order chi connectivity index (χ1) is 8.79. The number of aromatic nitrogens is 2. The maximum Gasteiger partial charge on any atom is 0.318 e. The van der Waals surface area contributed by atoms with Gasteiger partial charge in [-0.05, 0) is 19.8 Å². The van der Waals surface area contributed by atoms with Crippen molar-refractivity contribution in [3.63, 3.8) is 0 Å². The molecule has 1 fully saturated rings. The van der Waals surface area contributed by atoms with Gasteiger partial charge in [-0.25, -0.2) is 4.79 Å². The minimum absolute atomic E-state index is 0.0921. The van der Waals surface area contributed by atoms with E-state index < -0.39 is 0 Å². The third-order valence-electron chi connectivity index (χ3n) is 3.24. The van der Waals surface area contributed by atoms with Crippen molar-refractivity contribution in [1.82, 2.24) is 20.4 Å². The second kappa shape index (κ2) is 4.83. The average molecular weight is 266 g/mol. The monoisotopic (exact) mass is 266 g/mol. The van der Waals surface area contributed by atoms with E-state index in [1.165, 1.54) is 0 Å². The average Bonchev–Trinajstić information content (AvgIpc) is 3.02. The van der Waals surface area contributed by atoms with Crippen LogP contribution in [0.5, 0.6) is 0 Å². The highest BCUT2D eigenvalue weighted by atomic mass is 16.5. The van der Waals surface area contributed by atoms with E-state index in [1.54, 1.807) is 4.90 Å². The van der Waals surface area contributed by atoms with E-state index in [0.717, 1.165) is 12.8 Å². The number of nitrogens with one attached hydrogen (secondary N) is 1. The van der Waals surface area contributed by atoms with Crippen molar-refractivity contribution in [2.45, 2.75) is 58.0 Å². The first kappa shape index (κ1) is 13.8. The zero-order valence-corrected chi connectivity index (χ0v) is 12.2. The fraction of sp³-hybridized carbons (Fsp3) is 0.769. The Morgan fingerprint density at radius 3 is 2.58 bits per heavy atom. The molecule has 0 saturated heterocycles. The van der Waals surface area contributed by atoms with Gasteiger partial charge in [-0.2, -0.15) is 4.98 Å². The Bertz CT molecular complexity index is 459. The number of carbonyl (C=O) groups is 1. The van der Waals surface area contributed by atoms with Crippen LogP contribution in [0.25, 0.3) is 0 Å². The Kier molecular flexibility index (Phi) is 3.52. The van der Waals surface area contributed by atoms with Gasteiger partial charge in [0, 0.05) is 18.5 Å². The van der Waals surface area contributed by atoms with Gasteiger partial charge >= 0.3 is 6.03 Å². The standard InChI is InChI=1S/C13H22N4O2/c1-8(14-12(18)17(5)9-6-7-9)10-15-11(16-19-10)13(2,3)4/h8-9H,6-7H2,1-5H3,(H,14,18)/t8-/m1/s1. The lowest BCUT2D eigenvalue weighted by Gasteiger charge is -2.19. The summed E-state index contributed by atoms with van der Waals surface area (Å²) in [6.45, 7) is 7.90. The molecule has 1 heterocycles. The van der Waals surface area contributed by atoms with Crippen molar-refractivity contribution in [3.8, 4) is 0 Å². The van der Waals surface area contributed by atoms with Gasteiger partial charge in [0.2, 0.25) is 5.89 Å². The summed E-state index contributed by atoms with van der Waals surface area (Å²) in [5, 5.41) is 6.83. The molecule has 1 aromatic rings.